The zero-order chi connectivity index (χ0) is 13.1. The van der Waals surface area contributed by atoms with Gasteiger partial charge in [-0.3, -0.25) is 0 Å². The number of aryl methyl sites for hydroxylation is 1. The summed E-state index contributed by atoms with van der Waals surface area (Å²) in [4.78, 5) is 8.56. The van der Waals surface area contributed by atoms with Crippen molar-refractivity contribution in [3.8, 4) is 11.3 Å². The normalized spacial score (nSPS) is 10.7. The minimum absolute atomic E-state index is 0.351. The van der Waals surface area contributed by atoms with Gasteiger partial charge in [0.05, 0.1) is 5.69 Å². The summed E-state index contributed by atoms with van der Waals surface area (Å²) < 4.78 is 13.8. The molecule has 2 N–H and O–H groups in total. The van der Waals surface area contributed by atoms with E-state index in [1.807, 2.05) is 6.92 Å². The third-order valence-electron chi connectivity index (χ3n) is 2.47. The van der Waals surface area contributed by atoms with Gasteiger partial charge in [-0.25, -0.2) is 14.4 Å². The van der Waals surface area contributed by atoms with Gasteiger partial charge in [-0.1, -0.05) is 11.6 Å². The second kappa shape index (κ2) is 5.42. The quantitative estimate of drug-likeness (QED) is 0.928. The highest BCUT2D eigenvalue weighted by molar-refractivity contribution is 6.30. The SMILES string of the molecule is Cc1cc(-c2cc(Cl)ccc2F)nc(CCN)n1. The number of benzene rings is 1. The molecule has 2 aromatic rings. The molecular weight excluding hydrogens is 253 g/mol. The molecule has 1 aromatic heterocycles. The van der Waals surface area contributed by atoms with Gasteiger partial charge in [-0.15, -0.1) is 0 Å². The third kappa shape index (κ3) is 2.83. The lowest BCUT2D eigenvalue weighted by Crippen LogP contribution is -2.08. The monoisotopic (exact) mass is 265 g/mol. The molecule has 0 amide bonds. The zero-order valence-corrected chi connectivity index (χ0v) is 10.7. The van der Waals surface area contributed by atoms with Crippen LogP contribution in [-0.4, -0.2) is 16.5 Å². The number of halogens is 2. The Bertz CT molecular complexity index is 572. The zero-order valence-electron chi connectivity index (χ0n) is 9.95. The lowest BCUT2D eigenvalue weighted by molar-refractivity contribution is 0.630. The maximum absolute atomic E-state index is 13.8. The second-order valence-corrected chi connectivity index (χ2v) is 4.41. The number of nitrogens with zero attached hydrogens (tertiary/aromatic N) is 2. The lowest BCUT2D eigenvalue weighted by atomic mass is 10.1. The van der Waals surface area contributed by atoms with Gasteiger partial charge in [0.15, 0.2) is 0 Å². The molecule has 0 fully saturated rings. The number of rotatable bonds is 3. The van der Waals surface area contributed by atoms with Crippen molar-refractivity contribution in [3.63, 3.8) is 0 Å². The van der Waals surface area contributed by atoms with Gasteiger partial charge >= 0.3 is 0 Å². The van der Waals surface area contributed by atoms with Crippen molar-refractivity contribution >= 4 is 11.6 Å². The summed E-state index contributed by atoms with van der Waals surface area (Å²) in [5.41, 5.74) is 7.17. The third-order valence-corrected chi connectivity index (χ3v) is 2.71. The van der Waals surface area contributed by atoms with Gasteiger partial charge in [0.2, 0.25) is 0 Å². The van der Waals surface area contributed by atoms with Gasteiger partial charge in [-0.2, -0.15) is 0 Å². The molecule has 18 heavy (non-hydrogen) atoms. The summed E-state index contributed by atoms with van der Waals surface area (Å²) in [6, 6.07) is 6.13. The molecular formula is C13H13ClFN3. The van der Waals surface area contributed by atoms with Crippen LogP contribution < -0.4 is 5.73 Å². The van der Waals surface area contributed by atoms with Crippen LogP contribution in [0.3, 0.4) is 0 Å². The van der Waals surface area contributed by atoms with Crippen molar-refractivity contribution in [2.75, 3.05) is 6.54 Å². The number of hydrogen-bond donors (Lipinski definition) is 1. The van der Waals surface area contributed by atoms with E-state index in [0.717, 1.165) is 5.69 Å². The van der Waals surface area contributed by atoms with Gasteiger partial charge in [0.1, 0.15) is 11.6 Å². The average molecular weight is 266 g/mol. The summed E-state index contributed by atoms with van der Waals surface area (Å²) in [5.74, 6) is 0.267. The molecule has 0 bridgehead atoms. The van der Waals surface area contributed by atoms with Crippen LogP contribution in [0.2, 0.25) is 5.02 Å². The predicted molar refractivity (Wildman–Crippen MR) is 69.9 cm³/mol. The van der Waals surface area contributed by atoms with Crippen LogP contribution in [0.15, 0.2) is 24.3 Å². The topological polar surface area (TPSA) is 51.8 Å². The first-order valence-corrected chi connectivity index (χ1v) is 5.98. The summed E-state index contributed by atoms with van der Waals surface area (Å²) in [6.07, 6.45) is 0.566. The van der Waals surface area contributed by atoms with Gasteiger partial charge in [-0.05, 0) is 37.7 Å². The molecule has 94 valence electrons. The van der Waals surface area contributed by atoms with Crippen LogP contribution in [0, 0.1) is 12.7 Å². The number of nitrogens with two attached hydrogens (primary N) is 1. The standard InChI is InChI=1S/C13H13ClFN3/c1-8-6-12(18-13(17-8)4-5-16)10-7-9(14)2-3-11(10)15/h2-3,6-7H,4-5,16H2,1H3. The molecule has 1 heterocycles. The van der Waals surface area contributed by atoms with E-state index in [4.69, 9.17) is 17.3 Å². The fourth-order valence-corrected chi connectivity index (χ4v) is 1.87. The van der Waals surface area contributed by atoms with Crippen molar-refractivity contribution in [2.45, 2.75) is 13.3 Å². The highest BCUT2D eigenvalue weighted by Crippen LogP contribution is 2.25. The Kier molecular flexibility index (Phi) is 3.89. The molecule has 0 unspecified atom stereocenters. The summed E-state index contributed by atoms with van der Waals surface area (Å²) in [5, 5.41) is 0.475. The van der Waals surface area contributed by atoms with E-state index >= 15 is 0 Å². The summed E-state index contributed by atoms with van der Waals surface area (Å²) >= 11 is 5.88. The maximum Gasteiger partial charge on any atom is 0.132 e. The van der Waals surface area contributed by atoms with Crippen LogP contribution in [0.1, 0.15) is 11.5 Å². The Morgan fingerprint density at radius 3 is 2.78 bits per heavy atom. The smallest absolute Gasteiger partial charge is 0.132 e. The van der Waals surface area contributed by atoms with Gasteiger partial charge in [0.25, 0.3) is 0 Å². The molecule has 0 radical (unpaired) electrons. The van der Waals surface area contributed by atoms with Crippen molar-refractivity contribution in [1.29, 1.82) is 0 Å². The Hall–Kier alpha value is -1.52. The van der Waals surface area contributed by atoms with Crippen molar-refractivity contribution in [1.82, 2.24) is 9.97 Å². The van der Waals surface area contributed by atoms with E-state index in [1.54, 1.807) is 12.1 Å². The number of hydrogen-bond acceptors (Lipinski definition) is 3. The Balaban J connectivity index is 2.52. The Morgan fingerprint density at radius 1 is 1.28 bits per heavy atom. The lowest BCUT2D eigenvalue weighted by Gasteiger charge is -2.07. The van der Waals surface area contributed by atoms with E-state index in [9.17, 15) is 4.39 Å². The molecule has 5 heteroatoms. The molecule has 0 aliphatic rings. The Labute approximate surface area is 110 Å². The molecule has 1 aromatic carbocycles. The molecule has 0 saturated carbocycles. The molecule has 0 aliphatic heterocycles. The largest absolute Gasteiger partial charge is 0.330 e. The van der Waals surface area contributed by atoms with Crippen molar-refractivity contribution in [2.24, 2.45) is 5.73 Å². The van der Waals surface area contributed by atoms with Crippen LogP contribution in [0.5, 0.6) is 0 Å². The van der Waals surface area contributed by atoms with Crippen molar-refractivity contribution in [3.05, 3.63) is 46.6 Å². The van der Waals surface area contributed by atoms with Gasteiger partial charge in [0, 0.05) is 22.7 Å². The minimum atomic E-state index is -0.351. The van der Waals surface area contributed by atoms with E-state index in [2.05, 4.69) is 9.97 Å². The highest BCUT2D eigenvalue weighted by Gasteiger charge is 2.09. The van der Waals surface area contributed by atoms with Crippen LogP contribution in [0.25, 0.3) is 11.3 Å². The summed E-state index contributed by atoms with van der Waals surface area (Å²) in [6.45, 7) is 2.30. The second-order valence-electron chi connectivity index (χ2n) is 3.97. The van der Waals surface area contributed by atoms with Crippen LogP contribution in [0.4, 0.5) is 4.39 Å². The first kappa shape index (κ1) is 12.9. The van der Waals surface area contributed by atoms with Crippen LogP contribution >= 0.6 is 11.6 Å². The highest BCUT2D eigenvalue weighted by atomic mass is 35.5. The predicted octanol–water partition coefficient (Wildman–Crippen LogP) is 2.75. The molecule has 0 aliphatic carbocycles. The summed E-state index contributed by atoms with van der Waals surface area (Å²) in [7, 11) is 0. The fraction of sp³-hybridized carbons (Fsp3) is 0.231. The first-order valence-electron chi connectivity index (χ1n) is 5.60. The molecule has 3 nitrogen and oxygen atoms in total. The van der Waals surface area contributed by atoms with Crippen LogP contribution in [-0.2, 0) is 6.42 Å². The van der Waals surface area contributed by atoms with E-state index in [0.29, 0.717) is 35.1 Å². The Morgan fingerprint density at radius 2 is 2.06 bits per heavy atom. The van der Waals surface area contributed by atoms with Gasteiger partial charge < -0.3 is 5.73 Å². The molecule has 0 saturated heterocycles. The molecule has 0 spiro atoms. The molecule has 0 atom stereocenters. The fourth-order valence-electron chi connectivity index (χ4n) is 1.70. The van der Waals surface area contributed by atoms with E-state index in [1.165, 1.54) is 12.1 Å². The molecule has 2 rings (SSSR count). The average Bonchev–Trinajstić information content (AvgIpc) is 2.32. The van der Waals surface area contributed by atoms with E-state index in [-0.39, 0.29) is 5.82 Å². The minimum Gasteiger partial charge on any atom is -0.330 e. The van der Waals surface area contributed by atoms with E-state index < -0.39 is 0 Å². The maximum atomic E-state index is 13.8. The number of aromatic nitrogens is 2. The first-order chi connectivity index (χ1) is 8.60. The van der Waals surface area contributed by atoms with Crippen molar-refractivity contribution < 1.29 is 4.39 Å².